The summed E-state index contributed by atoms with van der Waals surface area (Å²) in [4.78, 5) is 46.4. The zero-order chi connectivity index (χ0) is 21.3. The fraction of sp³-hybridized carbons (Fsp3) is 0.789. The Labute approximate surface area is 165 Å². The summed E-state index contributed by atoms with van der Waals surface area (Å²) in [6.07, 6.45) is 1.33. The van der Waals surface area contributed by atoms with E-state index in [1.54, 1.807) is 13.8 Å². The predicted molar refractivity (Wildman–Crippen MR) is 100 cm³/mol. The van der Waals surface area contributed by atoms with Gasteiger partial charge < -0.3 is 24.8 Å². The third-order valence-electron chi connectivity index (χ3n) is 4.30. The van der Waals surface area contributed by atoms with Crippen LogP contribution in [0.5, 0.6) is 0 Å². The van der Waals surface area contributed by atoms with Crippen molar-refractivity contribution in [3.63, 3.8) is 0 Å². The van der Waals surface area contributed by atoms with Crippen LogP contribution in [-0.2, 0) is 33.4 Å². The van der Waals surface area contributed by atoms with Crippen molar-refractivity contribution in [2.24, 2.45) is 5.41 Å². The van der Waals surface area contributed by atoms with E-state index in [0.717, 1.165) is 12.8 Å². The number of amides is 2. The molecule has 0 unspecified atom stereocenters. The van der Waals surface area contributed by atoms with Crippen molar-refractivity contribution < 1.29 is 33.4 Å². The van der Waals surface area contributed by atoms with Gasteiger partial charge in [0.05, 0.1) is 13.2 Å². The Kier molecular flexibility index (Phi) is 9.37. The van der Waals surface area contributed by atoms with E-state index in [1.165, 1.54) is 0 Å². The molecule has 160 valence electrons. The molecule has 0 bridgehead atoms. The summed E-state index contributed by atoms with van der Waals surface area (Å²) in [6.45, 7) is 9.75. The van der Waals surface area contributed by atoms with E-state index in [9.17, 15) is 19.2 Å². The van der Waals surface area contributed by atoms with Crippen molar-refractivity contribution in [1.82, 2.24) is 10.6 Å². The zero-order valence-electron chi connectivity index (χ0n) is 17.3. The molecule has 0 heterocycles. The molecule has 28 heavy (non-hydrogen) atoms. The van der Waals surface area contributed by atoms with Gasteiger partial charge >= 0.3 is 23.8 Å². The van der Waals surface area contributed by atoms with Gasteiger partial charge in [-0.1, -0.05) is 20.8 Å². The average molecular weight is 400 g/mol. The lowest BCUT2D eigenvalue weighted by Gasteiger charge is -2.26. The van der Waals surface area contributed by atoms with Crippen molar-refractivity contribution in [1.29, 1.82) is 0 Å². The Bertz CT molecular complexity index is 567. The summed E-state index contributed by atoms with van der Waals surface area (Å²) in [5.74, 6) is -3.35. The maximum absolute atomic E-state index is 11.7. The van der Waals surface area contributed by atoms with E-state index in [2.05, 4.69) is 10.6 Å². The molecule has 0 aliphatic heterocycles. The van der Waals surface area contributed by atoms with Gasteiger partial charge in [0.25, 0.3) is 0 Å². The van der Waals surface area contributed by atoms with E-state index < -0.39 is 36.0 Å². The minimum absolute atomic E-state index is 0.0999. The summed E-state index contributed by atoms with van der Waals surface area (Å²) in [5, 5.41) is 4.98. The van der Waals surface area contributed by atoms with Crippen LogP contribution in [0, 0.1) is 5.41 Å². The molecule has 0 aromatic heterocycles. The second kappa shape index (κ2) is 11.0. The van der Waals surface area contributed by atoms with Gasteiger partial charge in [-0.25, -0.2) is 9.59 Å². The fourth-order valence-corrected chi connectivity index (χ4v) is 1.82. The Balaban J connectivity index is 2.08. The molecule has 0 aromatic carbocycles. The quantitative estimate of drug-likeness (QED) is 0.332. The van der Waals surface area contributed by atoms with Gasteiger partial charge in [-0.3, -0.25) is 9.59 Å². The number of rotatable bonds is 9. The van der Waals surface area contributed by atoms with Crippen LogP contribution in [0.3, 0.4) is 0 Å². The summed E-state index contributed by atoms with van der Waals surface area (Å²) in [5.41, 5.74) is -0.252. The van der Waals surface area contributed by atoms with Crippen LogP contribution in [0.2, 0.25) is 0 Å². The first kappa shape index (κ1) is 23.9. The van der Waals surface area contributed by atoms with Crippen molar-refractivity contribution in [3.8, 4) is 0 Å². The molecule has 1 aliphatic carbocycles. The molecule has 1 rings (SSSR count). The Morgan fingerprint density at radius 3 is 2.14 bits per heavy atom. The fourth-order valence-electron chi connectivity index (χ4n) is 1.82. The maximum Gasteiger partial charge on any atom is 0.397 e. The first-order chi connectivity index (χ1) is 13.0. The van der Waals surface area contributed by atoms with Crippen LogP contribution >= 0.6 is 0 Å². The van der Waals surface area contributed by atoms with Gasteiger partial charge in [0.15, 0.2) is 0 Å². The smallest absolute Gasteiger partial charge is 0.397 e. The molecule has 2 atom stereocenters. The molecule has 0 spiro atoms. The van der Waals surface area contributed by atoms with Crippen molar-refractivity contribution in [2.45, 2.75) is 72.1 Å². The highest BCUT2D eigenvalue weighted by Gasteiger charge is 2.28. The van der Waals surface area contributed by atoms with Crippen LogP contribution in [0.4, 0.5) is 0 Å². The van der Waals surface area contributed by atoms with E-state index in [4.69, 9.17) is 14.2 Å². The van der Waals surface area contributed by atoms with Crippen LogP contribution in [-0.4, -0.2) is 61.8 Å². The molecule has 2 amide bonds. The highest BCUT2D eigenvalue weighted by molar-refractivity contribution is 6.32. The lowest BCUT2D eigenvalue weighted by Crippen LogP contribution is -2.38. The Morgan fingerprint density at radius 1 is 0.964 bits per heavy atom. The molecule has 0 saturated heterocycles. The second-order valence-electron chi connectivity index (χ2n) is 8.03. The zero-order valence-corrected chi connectivity index (χ0v) is 17.3. The summed E-state index contributed by atoms with van der Waals surface area (Å²) in [6, 6.07) is 0.0999. The number of esters is 2. The van der Waals surface area contributed by atoms with Gasteiger partial charge in [0.2, 0.25) is 0 Å². The molecule has 9 heteroatoms. The molecule has 2 N–H and O–H groups in total. The number of carbonyl (C=O) groups is 4. The summed E-state index contributed by atoms with van der Waals surface area (Å²) < 4.78 is 15.4. The number of nitrogens with one attached hydrogen (secondary N) is 2. The van der Waals surface area contributed by atoms with Crippen molar-refractivity contribution >= 4 is 23.8 Å². The standard InChI is InChI=1S/C19H32N2O7/c1-12(27-18(25)16(23)21-14-6-7-14)8-10-26-11-9-20-15(22)17(24)28-13(2)19(3,4)5/h12-14H,6-11H2,1-5H3,(H,20,22)(H,21,23)/t12-,13+/m0/s1. The Morgan fingerprint density at radius 2 is 1.57 bits per heavy atom. The third kappa shape index (κ3) is 9.68. The topological polar surface area (TPSA) is 120 Å². The van der Waals surface area contributed by atoms with Crippen molar-refractivity contribution in [3.05, 3.63) is 0 Å². The first-order valence-corrected chi connectivity index (χ1v) is 9.58. The number of hydrogen-bond acceptors (Lipinski definition) is 7. The summed E-state index contributed by atoms with van der Waals surface area (Å²) in [7, 11) is 0. The predicted octanol–water partition coefficient (Wildman–Crippen LogP) is 0.697. The van der Waals surface area contributed by atoms with E-state index >= 15 is 0 Å². The van der Waals surface area contributed by atoms with Gasteiger partial charge in [0, 0.05) is 19.0 Å². The monoisotopic (exact) mass is 400 g/mol. The van der Waals surface area contributed by atoms with E-state index in [0.29, 0.717) is 6.42 Å². The molecule has 1 fully saturated rings. The highest BCUT2D eigenvalue weighted by Crippen LogP contribution is 2.21. The lowest BCUT2D eigenvalue weighted by atomic mass is 9.90. The summed E-state index contributed by atoms with van der Waals surface area (Å²) >= 11 is 0. The minimum atomic E-state index is -0.924. The number of carbonyl (C=O) groups excluding carboxylic acids is 4. The molecular weight excluding hydrogens is 368 g/mol. The molecule has 0 radical (unpaired) electrons. The maximum atomic E-state index is 11.7. The van der Waals surface area contributed by atoms with Crippen LogP contribution in [0.25, 0.3) is 0 Å². The lowest BCUT2D eigenvalue weighted by molar-refractivity contribution is -0.162. The largest absolute Gasteiger partial charge is 0.455 e. The molecule has 9 nitrogen and oxygen atoms in total. The molecule has 0 aromatic rings. The molecular formula is C19H32N2O7. The van der Waals surface area contributed by atoms with Crippen molar-refractivity contribution in [2.75, 3.05) is 19.8 Å². The minimum Gasteiger partial charge on any atom is -0.455 e. The SMILES string of the molecule is C[C@@H](CCOCCNC(=O)C(=O)O[C@H](C)C(C)(C)C)OC(=O)C(=O)NC1CC1. The number of ether oxygens (including phenoxy) is 3. The Hall–Kier alpha value is -2.16. The van der Waals surface area contributed by atoms with Crippen LogP contribution in [0.1, 0.15) is 53.9 Å². The normalized spacial score (nSPS) is 15.9. The van der Waals surface area contributed by atoms with E-state index in [-0.39, 0.29) is 31.2 Å². The molecule has 1 saturated carbocycles. The van der Waals surface area contributed by atoms with Gasteiger partial charge in [-0.2, -0.15) is 0 Å². The third-order valence-corrected chi connectivity index (χ3v) is 4.30. The van der Waals surface area contributed by atoms with Gasteiger partial charge in [0.1, 0.15) is 12.2 Å². The second-order valence-corrected chi connectivity index (χ2v) is 8.03. The van der Waals surface area contributed by atoms with E-state index in [1.807, 2.05) is 20.8 Å². The number of hydrogen-bond donors (Lipinski definition) is 2. The van der Waals surface area contributed by atoms with Crippen LogP contribution in [0.15, 0.2) is 0 Å². The van der Waals surface area contributed by atoms with Gasteiger partial charge in [-0.05, 0) is 32.1 Å². The van der Waals surface area contributed by atoms with Gasteiger partial charge in [-0.15, -0.1) is 0 Å². The first-order valence-electron chi connectivity index (χ1n) is 9.58. The molecule has 1 aliphatic rings. The average Bonchev–Trinajstić information content (AvgIpc) is 3.40. The van der Waals surface area contributed by atoms with Crippen LogP contribution < -0.4 is 10.6 Å². The highest BCUT2D eigenvalue weighted by atomic mass is 16.6.